The van der Waals surface area contributed by atoms with E-state index in [9.17, 15) is 9.59 Å². The van der Waals surface area contributed by atoms with Gasteiger partial charge in [-0.15, -0.1) is 0 Å². The zero-order valence-electron chi connectivity index (χ0n) is 12.5. The van der Waals surface area contributed by atoms with Crippen molar-refractivity contribution in [2.45, 2.75) is 13.8 Å². The van der Waals surface area contributed by atoms with Crippen molar-refractivity contribution in [2.24, 2.45) is 0 Å². The fourth-order valence-corrected chi connectivity index (χ4v) is 1.54. The summed E-state index contributed by atoms with van der Waals surface area (Å²) in [6, 6.07) is 9.34. The maximum absolute atomic E-state index is 11.9. The maximum atomic E-state index is 11.9. The zero-order valence-corrected chi connectivity index (χ0v) is 12.5. The minimum absolute atomic E-state index is 0.0154. The van der Waals surface area contributed by atoms with Gasteiger partial charge in [0.1, 0.15) is 5.70 Å². The second-order valence-electron chi connectivity index (χ2n) is 4.04. The van der Waals surface area contributed by atoms with E-state index >= 15 is 0 Å². The van der Waals surface area contributed by atoms with Gasteiger partial charge in [-0.05, 0) is 26.0 Å². The zero-order chi connectivity index (χ0) is 15.7. The lowest BCUT2D eigenvalue weighted by Crippen LogP contribution is -2.37. The number of para-hydroxylation sites is 1. The highest BCUT2D eigenvalue weighted by molar-refractivity contribution is 5.96. The molecule has 6 heteroatoms. The molecular weight excluding hydrogens is 272 g/mol. The average Bonchev–Trinajstić information content (AvgIpc) is 2.48. The highest BCUT2D eigenvalue weighted by Gasteiger charge is 2.15. The molecule has 0 aliphatic rings. The van der Waals surface area contributed by atoms with Crippen molar-refractivity contribution in [3.8, 4) is 0 Å². The number of rotatable bonds is 7. The van der Waals surface area contributed by atoms with Crippen LogP contribution in [-0.4, -0.2) is 32.2 Å². The number of nitrogens with one attached hydrogen (secondary N) is 1. The molecule has 6 nitrogen and oxygen atoms in total. The number of nitrogens with zero attached hydrogens (tertiary/aromatic N) is 1. The van der Waals surface area contributed by atoms with Crippen LogP contribution in [0.1, 0.15) is 13.8 Å². The number of hydrogen-bond acceptors (Lipinski definition) is 6. The highest BCUT2D eigenvalue weighted by atomic mass is 16.5. The molecule has 0 bridgehead atoms. The lowest BCUT2D eigenvalue weighted by Gasteiger charge is -2.22. The number of hydrogen-bond donors (Lipinski definition) is 1. The smallest absolute Gasteiger partial charge is 0.356 e. The lowest BCUT2D eigenvalue weighted by atomic mass is 10.3. The first kappa shape index (κ1) is 16.6. The number of ether oxygens (including phenoxy) is 2. The van der Waals surface area contributed by atoms with Crippen molar-refractivity contribution in [3.05, 3.63) is 42.1 Å². The van der Waals surface area contributed by atoms with Crippen LogP contribution in [0.5, 0.6) is 0 Å². The molecule has 1 aromatic carbocycles. The normalized spacial score (nSPS) is 10.7. The van der Waals surface area contributed by atoms with E-state index in [1.165, 1.54) is 0 Å². The Bertz CT molecular complexity index is 500. The van der Waals surface area contributed by atoms with E-state index in [0.717, 1.165) is 11.8 Å². The predicted octanol–water partition coefficient (Wildman–Crippen LogP) is 1.64. The van der Waals surface area contributed by atoms with E-state index in [2.05, 4.69) is 5.43 Å². The third-order valence-corrected chi connectivity index (χ3v) is 2.48. The number of hydrazine groups is 1. The van der Waals surface area contributed by atoms with Crippen molar-refractivity contribution in [1.29, 1.82) is 0 Å². The van der Waals surface area contributed by atoms with Gasteiger partial charge in [-0.2, -0.15) is 0 Å². The lowest BCUT2D eigenvalue weighted by molar-refractivity contribution is -0.141. The van der Waals surface area contributed by atoms with E-state index < -0.39 is 11.9 Å². The molecule has 0 saturated carbocycles. The highest BCUT2D eigenvalue weighted by Crippen LogP contribution is 2.10. The Morgan fingerprint density at radius 2 is 1.76 bits per heavy atom. The van der Waals surface area contributed by atoms with Crippen LogP contribution in [0.25, 0.3) is 0 Å². The van der Waals surface area contributed by atoms with E-state index in [0.29, 0.717) is 0 Å². The van der Waals surface area contributed by atoms with Gasteiger partial charge in [-0.25, -0.2) is 9.59 Å². The van der Waals surface area contributed by atoms with Crippen LogP contribution in [0.4, 0.5) is 5.69 Å². The SMILES string of the molecule is CCOC(=O)/C=C(/NN(C)c1ccccc1)C(=O)OCC. The van der Waals surface area contributed by atoms with Crippen LogP contribution in [0, 0.1) is 0 Å². The molecule has 0 radical (unpaired) electrons. The first-order valence-corrected chi connectivity index (χ1v) is 6.69. The van der Waals surface area contributed by atoms with Crippen molar-refractivity contribution >= 4 is 17.6 Å². The molecule has 0 spiro atoms. The molecule has 0 atom stereocenters. The molecule has 1 rings (SSSR count). The Labute approximate surface area is 124 Å². The third-order valence-electron chi connectivity index (χ3n) is 2.48. The third kappa shape index (κ3) is 5.56. The summed E-state index contributed by atoms with van der Waals surface area (Å²) in [6.45, 7) is 3.84. The summed E-state index contributed by atoms with van der Waals surface area (Å²) >= 11 is 0. The molecule has 0 amide bonds. The first-order chi connectivity index (χ1) is 10.1. The molecule has 0 aliphatic carbocycles. The number of esters is 2. The molecule has 1 N–H and O–H groups in total. The fraction of sp³-hybridized carbons (Fsp3) is 0.333. The maximum Gasteiger partial charge on any atom is 0.356 e. The molecular formula is C15H20N2O4. The van der Waals surface area contributed by atoms with Crippen LogP contribution < -0.4 is 10.4 Å². The van der Waals surface area contributed by atoms with Gasteiger partial charge in [-0.3, -0.25) is 10.4 Å². The summed E-state index contributed by atoms with van der Waals surface area (Å²) in [5.41, 5.74) is 3.67. The van der Waals surface area contributed by atoms with E-state index in [1.807, 2.05) is 30.3 Å². The second-order valence-corrected chi connectivity index (χ2v) is 4.04. The molecule has 0 heterocycles. The molecule has 1 aromatic rings. The second kappa shape index (κ2) is 8.63. The van der Waals surface area contributed by atoms with Crippen LogP contribution >= 0.6 is 0 Å². The quantitative estimate of drug-likeness (QED) is 0.468. The topological polar surface area (TPSA) is 67.9 Å². The largest absolute Gasteiger partial charge is 0.463 e. The van der Waals surface area contributed by atoms with Crippen LogP contribution in [0.3, 0.4) is 0 Å². The monoisotopic (exact) mass is 292 g/mol. The van der Waals surface area contributed by atoms with Crippen molar-refractivity contribution < 1.29 is 19.1 Å². The van der Waals surface area contributed by atoms with Gasteiger partial charge in [0.15, 0.2) is 0 Å². The van der Waals surface area contributed by atoms with Crippen LogP contribution in [0.15, 0.2) is 42.1 Å². The Balaban J connectivity index is 2.86. The minimum atomic E-state index is -0.617. The van der Waals surface area contributed by atoms with E-state index in [1.54, 1.807) is 25.9 Å². The molecule has 0 fully saturated rings. The number of carbonyl (C=O) groups is 2. The summed E-state index contributed by atoms with van der Waals surface area (Å²) in [5, 5.41) is 1.61. The number of benzene rings is 1. The van der Waals surface area contributed by atoms with Gasteiger partial charge in [0.2, 0.25) is 0 Å². The van der Waals surface area contributed by atoms with Gasteiger partial charge in [0.25, 0.3) is 0 Å². The Morgan fingerprint density at radius 1 is 1.14 bits per heavy atom. The van der Waals surface area contributed by atoms with Gasteiger partial charge >= 0.3 is 11.9 Å². The first-order valence-electron chi connectivity index (χ1n) is 6.69. The van der Waals surface area contributed by atoms with Crippen molar-refractivity contribution in [1.82, 2.24) is 5.43 Å². The summed E-state index contributed by atoms with van der Waals surface area (Å²) in [5.74, 6) is -1.22. The molecule has 0 unspecified atom stereocenters. The van der Waals surface area contributed by atoms with E-state index in [-0.39, 0.29) is 18.9 Å². The average molecular weight is 292 g/mol. The molecule has 0 saturated heterocycles. The van der Waals surface area contributed by atoms with Gasteiger partial charge in [-0.1, -0.05) is 18.2 Å². The summed E-state index contributed by atoms with van der Waals surface area (Å²) < 4.78 is 9.72. The molecule has 114 valence electrons. The Kier molecular flexibility index (Phi) is 6.80. The Morgan fingerprint density at radius 3 is 2.33 bits per heavy atom. The molecule has 0 aromatic heterocycles. The number of carbonyl (C=O) groups excluding carboxylic acids is 2. The van der Waals surface area contributed by atoms with Crippen LogP contribution in [0.2, 0.25) is 0 Å². The molecule has 21 heavy (non-hydrogen) atoms. The van der Waals surface area contributed by atoms with Crippen molar-refractivity contribution in [3.63, 3.8) is 0 Å². The van der Waals surface area contributed by atoms with Gasteiger partial charge in [0, 0.05) is 7.05 Å². The predicted molar refractivity (Wildman–Crippen MR) is 79.3 cm³/mol. The summed E-state index contributed by atoms with van der Waals surface area (Å²) in [4.78, 5) is 23.4. The molecule has 0 aliphatic heterocycles. The Hall–Kier alpha value is -2.50. The summed E-state index contributed by atoms with van der Waals surface area (Å²) in [6.07, 6.45) is 1.08. The number of anilines is 1. The van der Waals surface area contributed by atoms with Gasteiger partial charge < -0.3 is 9.47 Å². The van der Waals surface area contributed by atoms with E-state index in [4.69, 9.17) is 9.47 Å². The van der Waals surface area contributed by atoms with Crippen LogP contribution in [-0.2, 0) is 19.1 Å². The standard InChI is InChI=1S/C15H20N2O4/c1-4-20-14(18)11-13(15(19)21-5-2)16-17(3)12-9-7-6-8-10-12/h6-11,16H,4-5H2,1-3H3/b13-11+. The fourth-order valence-electron chi connectivity index (χ4n) is 1.54. The summed E-state index contributed by atoms with van der Waals surface area (Å²) in [7, 11) is 1.73. The van der Waals surface area contributed by atoms with Crippen molar-refractivity contribution in [2.75, 3.05) is 25.3 Å². The minimum Gasteiger partial charge on any atom is -0.463 e. The van der Waals surface area contributed by atoms with Gasteiger partial charge in [0.05, 0.1) is 25.0 Å².